The number of hydrogen-bond acceptors (Lipinski definition) is 4. The Hall–Kier alpha value is -1.06. The topological polar surface area (TPSA) is 58.9 Å². The summed E-state index contributed by atoms with van der Waals surface area (Å²) in [5, 5.41) is 11.4. The number of carbonyl (C=O) groups excluding carboxylic acids is 1. The van der Waals surface area contributed by atoms with Crippen molar-refractivity contribution >= 4 is 12.2 Å². The molecule has 1 saturated carbocycles. The number of hydrogen-bond donors (Lipinski definition) is 1. The summed E-state index contributed by atoms with van der Waals surface area (Å²) in [6.45, 7) is 2.28. The molecule has 0 heterocycles. The molecule has 1 aliphatic carbocycles. The molecule has 1 N–H and O–H groups in total. The van der Waals surface area contributed by atoms with Crippen LogP contribution in [0, 0.1) is 11.8 Å². The van der Waals surface area contributed by atoms with Gasteiger partial charge in [-0.1, -0.05) is 0 Å². The summed E-state index contributed by atoms with van der Waals surface area (Å²) in [7, 11) is 0. The number of carbonyl (C=O) groups is 1. The van der Waals surface area contributed by atoms with Crippen molar-refractivity contribution in [2.45, 2.75) is 32.6 Å². The number of nitrogens with zero attached hydrogens (tertiary/aromatic N) is 1. The predicted molar refractivity (Wildman–Crippen MR) is 52.4 cm³/mol. The Balaban J connectivity index is 2.31. The van der Waals surface area contributed by atoms with Gasteiger partial charge in [0, 0.05) is 6.21 Å². The van der Waals surface area contributed by atoms with Crippen LogP contribution in [-0.4, -0.2) is 24.0 Å². The average molecular weight is 199 g/mol. The van der Waals surface area contributed by atoms with Crippen LogP contribution in [0.25, 0.3) is 0 Å². The highest BCUT2D eigenvalue weighted by molar-refractivity contribution is 5.73. The van der Waals surface area contributed by atoms with E-state index in [9.17, 15) is 4.79 Å². The van der Waals surface area contributed by atoms with Crippen LogP contribution in [0.5, 0.6) is 0 Å². The number of rotatable bonds is 3. The molecule has 4 nitrogen and oxygen atoms in total. The maximum absolute atomic E-state index is 11.4. The van der Waals surface area contributed by atoms with Crippen LogP contribution in [0.1, 0.15) is 32.6 Å². The molecule has 0 amide bonds. The summed E-state index contributed by atoms with van der Waals surface area (Å²) >= 11 is 0. The fourth-order valence-corrected chi connectivity index (χ4v) is 1.86. The van der Waals surface area contributed by atoms with Gasteiger partial charge < -0.3 is 9.94 Å². The van der Waals surface area contributed by atoms with E-state index in [-0.39, 0.29) is 11.9 Å². The first-order valence-corrected chi connectivity index (χ1v) is 5.12. The molecule has 0 unspecified atom stereocenters. The van der Waals surface area contributed by atoms with Crippen LogP contribution in [0.3, 0.4) is 0 Å². The van der Waals surface area contributed by atoms with Gasteiger partial charge in [0.1, 0.15) is 0 Å². The SMILES string of the molecule is CCOC(=O)C1CCC(C=NO)CC1. The fourth-order valence-electron chi connectivity index (χ4n) is 1.86. The summed E-state index contributed by atoms with van der Waals surface area (Å²) < 4.78 is 4.95. The Morgan fingerprint density at radius 3 is 2.64 bits per heavy atom. The van der Waals surface area contributed by atoms with Crippen molar-refractivity contribution in [3.05, 3.63) is 0 Å². The Bertz CT molecular complexity index is 207. The molecule has 1 aliphatic rings. The molecule has 0 aromatic heterocycles. The Morgan fingerprint density at radius 1 is 1.50 bits per heavy atom. The van der Waals surface area contributed by atoms with E-state index in [2.05, 4.69) is 5.16 Å². The third kappa shape index (κ3) is 3.01. The lowest BCUT2D eigenvalue weighted by Crippen LogP contribution is -2.24. The Kier molecular flexibility index (Phi) is 4.43. The predicted octanol–water partition coefficient (Wildman–Crippen LogP) is 1.82. The van der Waals surface area contributed by atoms with Gasteiger partial charge >= 0.3 is 5.97 Å². The molecular formula is C10H17NO3. The lowest BCUT2D eigenvalue weighted by Gasteiger charge is -2.24. The van der Waals surface area contributed by atoms with Crippen LogP contribution in [0.15, 0.2) is 5.16 Å². The molecule has 4 heteroatoms. The third-order valence-corrected chi connectivity index (χ3v) is 2.67. The maximum Gasteiger partial charge on any atom is 0.308 e. The molecule has 0 aliphatic heterocycles. The lowest BCUT2D eigenvalue weighted by molar-refractivity contribution is -0.149. The minimum absolute atomic E-state index is 0.0540. The summed E-state index contributed by atoms with van der Waals surface area (Å²) in [6, 6.07) is 0. The highest BCUT2D eigenvalue weighted by Gasteiger charge is 2.26. The molecule has 0 radical (unpaired) electrons. The van der Waals surface area contributed by atoms with E-state index < -0.39 is 0 Å². The first-order valence-electron chi connectivity index (χ1n) is 5.12. The summed E-state index contributed by atoms with van der Waals surface area (Å²) in [4.78, 5) is 11.4. The van der Waals surface area contributed by atoms with Crippen LogP contribution in [-0.2, 0) is 9.53 Å². The zero-order chi connectivity index (χ0) is 10.4. The molecule has 80 valence electrons. The minimum Gasteiger partial charge on any atom is -0.466 e. The largest absolute Gasteiger partial charge is 0.466 e. The second kappa shape index (κ2) is 5.62. The zero-order valence-electron chi connectivity index (χ0n) is 8.48. The van der Waals surface area contributed by atoms with E-state index in [0.717, 1.165) is 25.7 Å². The molecule has 1 fully saturated rings. The normalized spacial score (nSPS) is 27.8. The highest BCUT2D eigenvalue weighted by atomic mass is 16.5. The monoisotopic (exact) mass is 199 g/mol. The van der Waals surface area contributed by atoms with E-state index in [1.807, 2.05) is 6.92 Å². The molecule has 0 bridgehead atoms. The van der Waals surface area contributed by atoms with Gasteiger partial charge in [-0.25, -0.2) is 0 Å². The van der Waals surface area contributed by atoms with Crippen LogP contribution < -0.4 is 0 Å². The van der Waals surface area contributed by atoms with E-state index in [1.165, 1.54) is 0 Å². The fraction of sp³-hybridized carbons (Fsp3) is 0.800. The number of esters is 1. The van der Waals surface area contributed by atoms with Crippen LogP contribution in [0.2, 0.25) is 0 Å². The minimum atomic E-state index is -0.0770. The third-order valence-electron chi connectivity index (χ3n) is 2.67. The van der Waals surface area contributed by atoms with Crippen molar-refractivity contribution in [1.82, 2.24) is 0 Å². The van der Waals surface area contributed by atoms with Gasteiger partial charge in [0.15, 0.2) is 0 Å². The smallest absolute Gasteiger partial charge is 0.308 e. The Labute approximate surface area is 83.9 Å². The second-order valence-electron chi connectivity index (χ2n) is 3.63. The Morgan fingerprint density at radius 2 is 2.14 bits per heavy atom. The molecular weight excluding hydrogens is 182 g/mol. The molecule has 0 spiro atoms. The van der Waals surface area contributed by atoms with Crippen molar-refractivity contribution in [3.63, 3.8) is 0 Å². The van der Waals surface area contributed by atoms with Gasteiger partial charge in [-0.15, -0.1) is 5.16 Å². The van der Waals surface area contributed by atoms with Gasteiger partial charge in [0.25, 0.3) is 0 Å². The first kappa shape index (κ1) is 11.0. The molecule has 14 heavy (non-hydrogen) atoms. The van der Waals surface area contributed by atoms with Gasteiger partial charge in [0.2, 0.25) is 0 Å². The second-order valence-corrected chi connectivity index (χ2v) is 3.63. The lowest BCUT2D eigenvalue weighted by atomic mass is 9.83. The van der Waals surface area contributed by atoms with Crippen molar-refractivity contribution < 1.29 is 14.7 Å². The van der Waals surface area contributed by atoms with Crippen molar-refractivity contribution in [2.75, 3.05) is 6.61 Å². The quantitative estimate of drug-likeness (QED) is 0.326. The van der Waals surface area contributed by atoms with Crippen molar-refractivity contribution in [2.24, 2.45) is 17.0 Å². The number of oxime groups is 1. The summed E-state index contributed by atoms with van der Waals surface area (Å²) in [6.07, 6.45) is 5.06. The highest BCUT2D eigenvalue weighted by Crippen LogP contribution is 2.28. The van der Waals surface area contributed by atoms with Gasteiger partial charge in [0.05, 0.1) is 12.5 Å². The van der Waals surface area contributed by atoms with Crippen molar-refractivity contribution in [3.8, 4) is 0 Å². The van der Waals surface area contributed by atoms with E-state index in [0.29, 0.717) is 12.5 Å². The molecule has 0 atom stereocenters. The summed E-state index contributed by atoms with van der Waals surface area (Å²) in [5.41, 5.74) is 0. The van der Waals surface area contributed by atoms with Crippen LogP contribution >= 0.6 is 0 Å². The van der Waals surface area contributed by atoms with Crippen LogP contribution in [0.4, 0.5) is 0 Å². The van der Waals surface area contributed by atoms with E-state index in [4.69, 9.17) is 9.94 Å². The van der Waals surface area contributed by atoms with Gasteiger partial charge in [-0.3, -0.25) is 4.79 Å². The zero-order valence-corrected chi connectivity index (χ0v) is 8.48. The van der Waals surface area contributed by atoms with Gasteiger partial charge in [-0.2, -0.15) is 0 Å². The molecule has 0 aromatic rings. The first-order chi connectivity index (χ1) is 6.77. The molecule has 1 rings (SSSR count). The summed E-state index contributed by atoms with van der Waals surface area (Å²) in [5.74, 6) is 0.302. The van der Waals surface area contributed by atoms with Crippen molar-refractivity contribution in [1.29, 1.82) is 0 Å². The van der Waals surface area contributed by atoms with E-state index in [1.54, 1.807) is 6.21 Å². The van der Waals surface area contributed by atoms with E-state index >= 15 is 0 Å². The number of ether oxygens (including phenoxy) is 1. The maximum atomic E-state index is 11.4. The molecule has 0 aromatic carbocycles. The van der Waals surface area contributed by atoms with Gasteiger partial charge in [-0.05, 0) is 38.5 Å². The standard InChI is InChI=1S/C10H17NO3/c1-2-14-10(12)9-5-3-8(4-6-9)7-11-13/h7-9,13H,2-6H2,1H3. The molecule has 0 saturated heterocycles. The average Bonchev–Trinajstić information content (AvgIpc) is 2.20.